The largest absolute Gasteiger partial charge is 0.503 e. The Labute approximate surface area is 137 Å². The Balaban J connectivity index is 2.18. The molecule has 0 aliphatic rings. The van der Waals surface area contributed by atoms with Crippen LogP contribution in [0, 0.1) is 0 Å². The minimum absolute atomic E-state index is 0.0169. The summed E-state index contributed by atoms with van der Waals surface area (Å²) in [6.07, 6.45) is 5.35. The number of aryl methyl sites for hydroxylation is 1. The number of halogens is 1. The van der Waals surface area contributed by atoms with Crippen molar-refractivity contribution in [1.29, 1.82) is 0 Å². The van der Waals surface area contributed by atoms with Gasteiger partial charge in [0.2, 0.25) is 5.43 Å². The summed E-state index contributed by atoms with van der Waals surface area (Å²) in [6, 6.07) is 7.18. The molecule has 0 aliphatic heterocycles. The number of aromatic hydroxyl groups is 1. The van der Waals surface area contributed by atoms with Gasteiger partial charge in [-0.05, 0) is 24.1 Å². The van der Waals surface area contributed by atoms with Crippen molar-refractivity contribution in [2.75, 3.05) is 0 Å². The lowest BCUT2D eigenvalue weighted by atomic mass is 10.2. The number of hydrogen-bond donors (Lipinski definition) is 1. The lowest BCUT2D eigenvalue weighted by molar-refractivity contribution is 0.471. The van der Waals surface area contributed by atoms with Crippen LogP contribution in [-0.2, 0) is 13.0 Å². The molecule has 0 amide bonds. The molecule has 3 aromatic rings. The zero-order valence-electron chi connectivity index (χ0n) is 12.5. The van der Waals surface area contributed by atoms with Crippen LogP contribution in [0.5, 0.6) is 5.75 Å². The first-order valence-electron chi connectivity index (χ1n) is 7.22. The molecular weight excluding hydrogens is 316 g/mol. The molecule has 5 nitrogen and oxygen atoms in total. The van der Waals surface area contributed by atoms with Crippen molar-refractivity contribution >= 4 is 17.1 Å². The van der Waals surface area contributed by atoms with Crippen LogP contribution in [0.3, 0.4) is 0 Å². The molecule has 0 unspecified atom stereocenters. The monoisotopic (exact) mass is 330 g/mol. The average Bonchev–Trinajstić information content (AvgIpc) is 2.53. The van der Waals surface area contributed by atoms with E-state index in [1.54, 1.807) is 36.8 Å². The van der Waals surface area contributed by atoms with Gasteiger partial charge in [-0.15, -0.1) is 0 Å². The smallest absolute Gasteiger partial charge is 0.279 e. The first-order valence-corrected chi connectivity index (χ1v) is 7.59. The van der Waals surface area contributed by atoms with E-state index in [1.807, 2.05) is 13.0 Å². The molecule has 1 N–H and O–H groups in total. The summed E-state index contributed by atoms with van der Waals surface area (Å²) in [5, 5.41) is 10.7. The molecule has 0 atom stereocenters. The fourth-order valence-corrected chi connectivity index (χ4v) is 2.78. The van der Waals surface area contributed by atoms with Crippen LogP contribution in [0.15, 0.2) is 52.4 Å². The quantitative estimate of drug-likeness (QED) is 0.802. The molecule has 3 rings (SSSR count). The van der Waals surface area contributed by atoms with Crippen LogP contribution in [0.25, 0.3) is 5.52 Å². The highest BCUT2D eigenvalue weighted by Gasteiger charge is 2.13. The topological polar surface area (TPSA) is 63.7 Å². The van der Waals surface area contributed by atoms with Gasteiger partial charge in [0.1, 0.15) is 0 Å². The van der Waals surface area contributed by atoms with Crippen LogP contribution < -0.4 is 11.0 Å². The molecule has 1 aromatic carbocycles. The molecule has 118 valence electrons. The summed E-state index contributed by atoms with van der Waals surface area (Å²) in [6.45, 7) is 2.13. The standard InChI is InChI=1S/C17H15ClN2O3/c1-2-12-10-19-6-7-20(9-11-4-3-5-13(18)8-11)17(23)14(19)16(22)15(12)21/h3-8,10,22H,2,9H2,1H3. The maximum Gasteiger partial charge on any atom is 0.279 e. The maximum atomic E-state index is 12.6. The van der Waals surface area contributed by atoms with Crippen molar-refractivity contribution in [2.45, 2.75) is 19.9 Å². The van der Waals surface area contributed by atoms with E-state index in [2.05, 4.69) is 0 Å². The highest BCUT2D eigenvalue weighted by Crippen LogP contribution is 2.13. The molecule has 0 saturated carbocycles. The zero-order chi connectivity index (χ0) is 16.6. The summed E-state index contributed by atoms with van der Waals surface area (Å²) in [5.74, 6) is -0.505. The first-order chi connectivity index (χ1) is 11.0. The van der Waals surface area contributed by atoms with Gasteiger partial charge in [-0.25, -0.2) is 0 Å². The highest BCUT2D eigenvalue weighted by atomic mass is 35.5. The van der Waals surface area contributed by atoms with E-state index in [1.165, 1.54) is 8.97 Å². The fourth-order valence-electron chi connectivity index (χ4n) is 2.57. The molecule has 6 heteroatoms. The van der Waals surface area contributed by atoms with Crippen LogP contribution in [0.2, 0.25) is 5.02 Å². The third-order valence-corrected chi connectivity index (χ3v) is 4.01. The van der Waals surface area contributed by atoms with E-state index in [0.29, 0.717) is 23.6 Å². The van der Waals surface area contributed by atoms with E-state index >= 15 is 0 Å². The lowest BCUT2D eigenvalue weighted by Gasteiger charge is -2.10. The molecule has 0 saturated heterocycles. The Hall–Kier alpha value is -2.53. The predicted octanol–water partition coefficient (Wildman–Crippen LogP) is 2.43. The van der Waals surface area contributed by atoms with Gasteiger partial charge in [-0.3, -0.25) is 9.59 Å². The maximum absolute atomic E-state index is 12.6. The molecule has 2 heterocycles. The normalized spacial score (nSPS) is 11.0. The van der Waals surface area contributed by atoms with Gasteiger partial charge in [0.15, 0.2) is 11.3 Å². The summed E-state index contributed by atoms with van der Waals surface area (Å²) in [4.78, 5) is 24.7. The number of fused-ring (bicyclic) bond motifs is 1. The van der Waals surface area contributed by atoms with E-state index in [-0.39, 0.29) is 5.52 Å². The van der Waals surface area contributed by atoms with E-state index < -0.39 is 16.7 Å². The predicted molar refractivity (Wildman–Crippen MR) is 89.5 cm³/mol. The Kier molecular flexibility index (Phi) is 3.96. The van der Waals surface area contributed by atoms with E-state index in [0.717, 1.165) is 5.56 Å². The van der Waals surface area contributed by atoms with Crippen LogP contribution in [-0.4, -0.2) is 14.1 Å². The second-order valence-electron chi connectivity index (χ2n) is 5.30. The van der Waals surface area contributed by atoms with Crippen LogP contribution in [0.4, 0.5) is 0 Å². The zero-order valence-corrected chi connectivity index (χ0v) is 13.2. The summed E-state index contributed by atoms with van der Waals surface area (Å²) >= 11 is 5.95. The van der Waals surface area contributed by atoms with Gasteiger partial charge in [-0.2, -0.15) is 0 Å². The number of aromatic nitrogens is 2. The van der Waals surface area contributed by atoms with Crippen molar-refractivity contribution < 1.29 is 5.11 Å². The fraction of sp³-hybridized carbons (Fsp3) is 0.176. The van der Waals surface area contributed by atoms with Crippen molar-refractivity contribution in [3.05, 3.63) is 79.6 Å². The number of benzene rings is 1. The van der Waals surface area contributed by atoms with Crippen molar-refractivity contribution in [2.24, 2.45) is 0 Å². The third kappa shape index (κ3) is 2.75. The molecule has 0 spiro atoms. The number of rotatable bonds is 3. The van der Waals surface area contributed by atoms with Gasteiger partial charge < -0.3 is 14.1 Å². The van der Waals surface area contributed by atoms with Gasteiger partial charge in [-0.1, -0.05) is 30.7 Å². The Bertz CT molecular complexity index is 1000. The Morgan fingerprint density at radius 1 is 1.22 bits per heavy atom. The molecule has 0 aliphatic carbocycles. The molecule has 23 heavy (non-hydrogen) atoms. The number of pyridine rings is 1. The van der Waals surface area contributed by atoms with Gasteiger partial charge in [0, 0.05) is 29.2 Å². The molecule has 2 aromatic heterocycles. The second-order valence-corrected chi connectivity index (χ2v) is 5.74. The summed E-state index contributed by atoms with van der Waals surface area (Å²) in [7, 11) is 0. The third-order valence-electron chi connectivity index (χ3n) is 3.78. The summed E-state index contributed by atoms with van der Waals surface area (Å²) < 4.78 is 2.93. The Morgan fingerprint density at radius 2 is 2.00 bits per heavy atom. The number of hydrogen-bond acceptors (Lipinski definition) is 3. The summed E-state index contributed by atoms with van der Waals surface area (Å²) in [5.41, 5.74) is 0.384. The second kappa shape index (κ2) is 5.93. The van der Waals surface area contributed by atoms with E-state index in [9.17, 15) is 14.7 Å². The van der Waals surface area contributed by atoms with Crippen molar-refractivity contribution in [1.82, 2.24) is 8.97 Å². The first kappa shape index (κ1) is 15.4. The minimum atomic E-state index is -0.505. The van der Waals surface area contributed by atoms with Gasteiger partial charge in [0.05, 0.1) is 6.54 Å². The van der Waals surface area contributed by atoms with Crippen LogP contribution in [0.1, 0.15) is 18.1 Å². The molecular formula is C17H15ClN2O3. The van der Waals surface area contributed by atoms with Gasteiger partial charge >= 0.3 is 0 Å². The van der Waals surface area contributed by atoms with Gasteiger partial charge in [0.25, 0.3) is 5.56 Å². The lowest BCUT2D eigenvalue weighted by Crippen LogP contribution is -2.25. The Morgan fingerprint density at radius 3 is 2.70 bits per heavy atom. The van der Waals surface area contributed by atoms with Crippen molar-refractivity contribution in [3.8, 4) is 5.75 Å². The van der Waals surface area contributed by atoms with E-state index in [4.69, 9.17) is 11.6 Å². The average molecular weight is 331 g/mol. The number of nitrogens with zero attached hydrogens (tertiary/aromatic N) is 2. The highest BCUT2D eigenvalue weighted by molar-refractivity contribution is 6.30. The van der Waals surface area contributed by atoms with Crippen molar-refractivity contribution in [3.63, 3.8) is 0 Å². The molecule has 0 fully saturated rings. The molecule has 0 bridgehead atoms. The SMILES string of the molecule is CCc1cn2ccn(Cc3cccc(Cl)c3)c(=O)c2c(O)c1=O. The minimum Gasteiger partial charge on any atom is -0.503 e. The van der Waals surface area contributed by atoms with Crippen LogP contribution >= 0.6 is 11.6 Å². The molecule has 0 radical (unpaired) electrons.